The van der Waals surface area contributed by atoms with Gasteiger partial charge in [0, 0.05) is 11.5 Å². The second kappa shape index (κ2) is 3.92. The van der Waals surface area contributed by atoms with Crippen molar-refractivity contribution in [3.05, 3.63) is 10.5 Å². The second-order valence-corrected chi connectivity index (χ2v) is 3.37. The van der Waals surface area contributed by atoms with E-state index in [1.165, 1.54) is 0 Å². The van der Waals surface area contributed by atoms with Gasteiger partial charge in [0.25, 0.3) is 0 Å². The van der Waals surface area contributed by atoms with E-state index in [0.717, 1.165) is 10.2 Å². The third-order valence-corrected chi connectivity index (χ3v) is 2.38. The van der Waals surface area contributed by atoms with Crippen molar-refractivity contribution in [2.24, 2.45) is 0 Å². The summed E-state index contributed by atoms with van der Waals surface area (Å²) in [5.74, 6) is 0.564. The number of halogens is 1. The van der Waals surface area contributed by atoms with Crippen LogP contribution in [0.3, 0.4) is 0 Å². The van der Waals surface area contributed by atoms with E-state index in [9.17, 15) is 0 Å². The minimum Gasteiger partial charge on any atom is -0.492 e. The van der Waals surface area contributed by atoms with Crippen molar-refractivity contribution < 1.29 is 4.74 Å². The van der Waals surface area contributed by atoms with Gasteiger partial charge in [-0.3, -0.25) is 0 Å². The third-order valence-electron chi connectivity index (χ3n) is 1.76. The van der Waals surface area contributed by atoms with Crippen LogP contribution in [-0.4, -0.2) is 22.0 Å². The molecule has 3 nitrogen and oxygen atoms in total. The average Bonchev–Trinajstić information content (AvgIpc) is 2.10. The van der Waals surface area contributed by atoms with Crippen LogP contribution in [-0.2, 0) is 0 Å². The normalized spacial score (nSPS) is 9.77. The van der Waals surface area contributed by atoms with E-state index >= 15 is 0 Å². The fourth-order valence-corrected chi connectivity index (χ4v) is 1.73. The molecule has 1 rings (SSSR count). The summed E-state index contributed by atoms with van der Waals surface area (Å²) in [5.41, 5.74) is 7.48. The molecule has 0 aliphatic carbocycles. The number of rotatable bonds is 2. The Morgan fingerprint density at radius 1 is 1.62 bits per heavy atom. The highest BCUT2D eigenvalue weighted by Crippen LogP contribution is 2.35. The molecule has 2 radical (unpaired) electrons. The van der Waals surface area contributed by atoms with Crippen LogP contribution in [0.2, 0.25) is 0 Å². The first kappa shape index (κ1) is 10.2. The van der Waals surface area contributed by atoms with Gasteiger partial charge in [-0.2, -0.15) is 0 Å². The quantitative estimate of drug-likeness (QED) is 0.596. The predicted molar refractivity (Wildman–Crippen MR) is 60.0 cm³/mol. The van der Waals surface area contributed by atoms with Gasteiger partial charge < -0.3 is 15.8 Å². The molecule has 0 atom stereocenters. The number of benzene rings is 1. The summed E-state index contributed by atoms with van der Waals surface area (Å²) < 4.78 is 5.96. The minimum absolute atomic E-state index is 0.454. The molecule has 0 bridgehead atoms. The van der Waals surface area contributed by atoms with E-state index in [-0.39, 0.29) is 0 Å². The topological polar surface area (TPSA) is 47.3 Å². The zero-order valence-corrected chi connectivity index (χ0v) is 9.10. The maximum absolute atomic E-state index is 5.73. The Labute approximate surface area is 87.2 Å². The van der Waals surface area contributed by atoms with Crippen molar-refractivity contribution >= 4 is 40.6 Å². The highest BCUT2D eigenvalue weighted by atomic mass is 79.9. The minimum atomic E-state index is 0.454. The summed E-state index contributed by atoms with van der Waals surface area (Å²) in [7, 11) is 9.00. The van der Waals surface area contributed by atoms with Gasteiger partial charge in [-0.15, -0.1) is 0 Å². The van der Waals surface area contributed by atoms with Crippen molar-refractivity contribution in [1.82, 2.24) is 0 Å². The molecule has 0 heterocycles. The molecule has 5 heteroatoms. The maximum Gasteiger partial charge on any atom is 0.165 e. The van der Waals surface area contributed by atoms with E-state index in [4.69, 9.17) is 18.3 Å². The number of hydrogen-bond acceptors (Lipinski definition) is 3. The first-order valence-electron chi connectivity index (χ1n) is 3.71. The fourth-order valence-electron chi connectivity index (χ4n) is 1.11. The molecule has 0 aromatic heterocycles. The molecule has 0 amide bonds. The van der Waals surface area contributed by atoms with Gasteiger partial charge in [-0.05, 0) is 15.9 Å². The van der Waals surface area contributed by atoms with Crippen LogP contribution in [0.4, 0.5) is 11.4 Å². The average molecular weight is 241 g/mol. The Morgan fingerprint density at radius 3 is 2.69 bits per heavy atom. The number of anilines is 2. The van der Waals surface area contributed by atoms with E-state index in [2.05, 4.69) is 21.2 Å². The number of nitrogens with one attached hydrogen (secondary N) is 1. The monoisotopic (exact) mass is 240 g/mol. The lowest BCUT2D eigenvalue weighted by Crippen LogP contribution is -2.13. The zero-order valence-electron chi connectivity index (χ0n) is 7.52. The van der Waals surface area contributed by atoms with E-state index in [0.29, 0.717) is 16.9 Å². The van der Waals surface area contributed by atoms with Crippen LogP contribution in [0.5, 0.6) is 5.75 Å². The molecule has 0 spiro atoms. The Hall–Kier alpha value is -0.835. The standard InChI is InChI=1S/C8H10BBrN2O/c1-12-7-5(10)3-4(9)6(11)8(7)13-2/h3,12H,11H2,1-2H3. The van der Waals surface area contributed by atoms with Crippen LogP contribution in [0, 0.1) is 0 Å². The lowest BCUT2D eigenvalue weighted by molar-refractivity contribution is 0.419. The molecule has 0 fully saturated rings. The van der Waals surface area contributed by atoms with Crippen molar-refractivity contribution in [1.29, 1.82) is 0 Å². The summed E-state index contributed by atoms with van der Waals surface area (Å²) in [6.07, 6.45) is 0. The Morgan fingerprint density at radius 2 is 2.23 bits per heavy atom. The molecule has 0 aliphatic heterocycles. The lowest BCUT2D eigenvalue weighted by Gasteiger charge is -2.14. The summed E-state index contributed by atoms with van der Waals surface area (Å²) in [6.45, 7) is 0. The Bertz CT molecular complexity index is 330. The van der Waals surface area contributed by atoms with Crippen molar-refractivity contribution in [3.8, 4) is 5.75 Å². The molecule has 1 aromatic carbocycles. The predicted octanol–water partition coefficient (Wildman–Crippen LogP) is 0.875. The zero-order chi connectivity index (χ0) is 10.0. The summed E-state index contributed by atoms with van der Waals surface area (Å²) in [6, 6.07) is 1.74. The number of nitrogens with two attached hydrogens (primary N) is 1. The van der Waals surface area contributed by atoms with Gasteiger partial charge in [-0.25, -0.2) is 0 Å². The van der Waals surface area contributed by atoms with Gasteiger partial charge in [0.1, 0.15) is 7.85 Å². The van der Waals surface area contributed by atoms with Crippen LogP contribution in [0.25, 0.3) is 0 Å². The highest BCUT2D eigenvalue weighted by molar-refractivity contribution is 9.10. The molecule has 0 saturated carbocycles. The van der Waals surface area contributed by atoms with Crippen molar-refractivity contribution in [2.75, 3.05) is 25.2 Å². The molecule has 3 N–H and O–H groups in total. The van der Waals surface area contributed by atoms with Crippen molar-refractivity contribution in [3.63, 3.8) is 0 Å². The van der Waals surface area contributed by atoms with Gasteiger partial charge in [0.15, 0.2) is 5.75 Å². The van der Waals surface area contributed by atoms with E-state index in [1.54, 1.807) is 20.2 Å². The molecule has 0 aliphatic rings. The molecule has 0 unspecified atom stereocenters. The van der Waals surface area contributed by atoms with Crippen LogP contribution >= 0.6 is 15.9 Å². The van der Waals surface area contributed by atoms with Crippen LogP contribution in [0.1, 0.15) is 0 Å². The summed E-state index contributed by atoms with van der Waals surface area (Å²) >= 11 is 3.36. The Balaban J connectivity index is 3.41. The van der Waals surface area contributed by atoms with E-state index in [1.807, 2.05) is 0 Å². The van der Waals surface area contributed by atoms with Gasteiger partial charge in [-0.1, -0.05) is 11.5 Å². The van der Waals surface area contributed by atoms with Gasteiger partial charge >= 0.3 is 0 Å². The van der Waals surface area contributed by atoms with Crippen LogP contribution in [0.15, 0.2) is 10.5 Å². The highest BCUT2D eigenvalue weighted by Gasteiger charge is 2.11. The molecule has 0 saturated heterocycles. The lowest BCUT2D eigenvalue weighted by atomic mass is 9.93. The number of methoxy groups -OCH3 is 1. The van der Waals surface area contributed by atoms with Gasteiger partial charge in [0.2, 0.25) is 0 Å². The Kier molecular flexibility index (Phi) is 3.09. The number of nitrogen functional groups attached to an aromatic ring is 1. The van der Waals surface area contributed by atoms with Gasteiger partial charge in [0.05, 0.1) is 18.5 Å². The largest absolute Gasteiger partial charge is 0.492 e. The second-order valence-electron chi connectivity index (χ2n) is 2.52. The number of hydrogen-bond donors (Lipinski definition) is 2. The fraction of sp³-hybridized carbons (Fsp3) is 0.250. The summed E-state index contributed by atoms with van der Waals surface area (Å²) in [5, 5.41) is 2.98. The first-order chi connectivity index (χ1) is 6.11. The van der Waals surface area contributed by atoms with Crippen LogP contribution < -0.4 is 21.3 Å². The number of ether oxygens (including phenoxy) is 1. The first-order valence-corrected chi connectivity index (χ1v) is 4.50. The van der Waals surface area contributed by atoms with Crippen molar-refractivity contribution in [2.45, 2.75) is 0 Å². The maximum atomic E-state index is 5.73. The molecule has 68 valence electrons. The SMILES string of the molecule is [B]c1cc(Br)c(NC)c(OC)c1N. The van der Waals surface area contributed by atoms with E-state index < -0.39 is 0 Å². The smallest absolute Gasteiger partial charge is 0.165 e. The molecular formula is C8H10BBrN2O. The molecular weight excluding hydrogens is 231 g/mol. The molecule has 1 aromatic rings. The molecule has 13 heavy (non-hydrogen) atoms. The third kappa shape index (κ3) is 1.75. The summed E-state index contributed by atoms with van der Waals surface area (Å²) in [4.78, 5) is 0.